The first kappa shape index (κ1) is 20.3. The molecule has 1 heterocycles. The molecule has 2 aromatic carbocycles. The Morgan fingerprint density at radius 2 is 1.79 bits per heavy atom. The standard InChI is InChI=1S/C18H14BrCl2N5O2/c1-10-17(18(28)22-13-7-11(20)6-12(21)8-13)24-25-26(10)9-16(27)23-15-5-3-2-4-14(15)19/h2-8H,9H2,1H3,(H,22,28)(H,23,27). The summed E-state index contributed by atoms with van der Waals surface area (Å²) in [5.41, 5.74) is 1.63. The van der Waals surface area contributed by atoms with E-state index in [1.807, 2.05) is 18.2 Å². The number of nitrogens with one attached hydrogen (secondary N) is 2. The van der Waals surface area contributed by atoms with Crippen LogP contribution in [0.1, 0.15) is 16.2 Å². The van der Waals surface area contributed by atoms with Crippen LogP contribution in [0.25, 0.3) is 0 Å². The van der Waals surface area contributed by atoms with Gasteiger partial charge in [0.1, 0.15) is 6.54 Å². The minimum absolute atomic E-state index is 0.0869. The molecule has 2 amide bonds. The van der Waals surface area contributed by atoms with E-state index in [0.29, 0.717) is 27.1 Å². The van der Waals surface area contributed by atoms with Crippen LogP contribution in [-0.2, 0) is 11.3 Å². The summed E-state index contributed by atoms with van der Waals surface area (Å²) in [4.78, 5) is 24.8. The molecule has 144 valence electrons. The molecule has 0 bridgehead atoms. The first-order valence-corrected chi connectivity index (χ1v) is 9.60. The van der Waals surface area contributed by atoms with Gasteiger partial charge in [-0.25, -0.2) is 4.68 Å². The number of amides is 2. The lowest BCUT2D eigenvalue weighted by molar-refractivity contribution is -0.117. The highest BCUT2D eigenvalue weighted by Crippen LogP contribution is 2.23. The molecule has 0 saturated carbocycles. The van der Waals surface area contributed by atoms with Gasteiger partial charge in [0.15, 0.2) is 5.69 Å². The maximum absolute atomic E-state index is 12.5. The van der Waals surface area contributed by atoms with Crippen LogP contribution in [-0.4, -0.2) is 26.8 Å². The van der Waals surface area contributed by atoms with Crippen molar-refractivity contribution >= 4 is 62.3 Å². The summed E-state index contributed by atoms with van der Waals surface area (Å²) in [5, 5.41) is 14.0. The Kier molecular flexibility index (Phi) is 6.33. The summed E-state index contributed by atoms with van der Waals surface area (Å²) >= 11 is 15.2. The van der Waals surface area contributed by atoms with Crippen molar-refractivity contribution in [2.24, 2.45) is 0 Å². The number of anilines is 2. The minimum atomic E-state index is -0.478. The van der Waals surface area contributed by atoms with Crippen molar-refractivity contribution in [3.63, 3.8) is 0 Å². The second kappa shape index (κ2) is 8.72. The highest BCUT2D eigenvalue weighted by atomic mass is 79.9. The Balaban J connectivity index is 1.70. The highest BCUT2D eigenvalue weighted by molar-refractivity contribution is 9.10. The zero-order valence-electron chi connectivity index (χ0n) is 14.5. The third kappa shape index (κ3) is 4.89. The van der Waals surface area contributed by atoms with E-state index in [1.54, 1.807) is 31.2 Å². The fourth-order valence-electron chi connectivity index (χ4n) is 2.42. The van der Waals surface area contributed by atoms with Gasteiger partial charge in [-0.15, -0.1) is 5.10 Å². The van der Waals surface area contributed by atoms with Crippen LogP contribution in [0.4, 0.5) is 11.4 Å². The average molecular weight is 483 g/mol. The van der Waals surface area contributed by atoms with Crippen LogP contribution < -0.4 is 10.6 Å². The van der Waals surface area contributed by atoms with Crippen molar-refractivity contribution in [1.82, 2.24) is 15.0 Å². The van der Waals surface area contributed by atoms with E-state index in [4.69, 9.17) is 23.2 Å². The fraction of sp³-hybridized carbons (Fsp3) is 0.111. The third-order valence-corrected chi connectivity index (χ3v) is 4.89. The summed E-state index contributed by atoms with van der Waals surface area (Å²) in [6.07, 6.45) is 0. The van der Waals surface area contributed by atoms with Crippen molar-refractivity contribution in [3.8, 4) is 0 Å². The average Bonchev–Trinajstić information content (AvgIpc) is 2.96. The van der Waals surface area contributed by atoms with E-state index in [0.717, 1.165) is 4.47 Å². The minimum Gasteiger partial charge on any atom is -0.323 e. The number of hydrogen-bond acceptors (Lipinski definition) is 4. The Morgan fingerprint density at radius 1 is 1.11 bits per heavy atom. The Morgan fingerprint density at radius 3 is 2.46 bits per heavy atom. The summed E-state index contributed by atoms with van der Waals surface area (Å²) in [7, 11) is 0. The van der Waals surface area contributed by atoms with Crippen LogP contribution in [0.3, 0.4) is 0 Å². The number of halogens is 3. The summed E-state index contributed by atoms with van der Waals surface area (Å²) in [6, 6.07) is 11.9. The molecule has 28 heavy (non-hydrogen) atoms. The van der Waals surface area contributed by atoms with Gasteiger partial charge in [-0.3, -0.25) is 9.59 Å². The highest BCUT2D eigenvalue weighted by Gasteiger charge is 2.18. The molecule has 0 atom stereocenters. The molecule has 7 nitrogen and oxygen atoms in total. The number of carbonyl (C=O) groups is 2. The molecule has 0 aliphatic carbocycles. The molecule has 3 aromatic rings. The van der Waals surface area contributed by atoms with Crippen LogP contribution in [0.15, 0.2) is 46.9 Å². The van der Waals surface area contributed by atoms with E-state index in [2.05, 4.69) is 36.9 Å². The predicted molar refractivity (Wildman–Crippen MR) is 112 cm³/mol. The lowest BCUT2D eigenvalue weighted by Crippen LogP contribution is -2.21. The van der Waals surface area contributed by atoms with Crippen molar-refractivity contribution < 1.29 is 9.59 Å². The molecule has 0 aliphatic heterocycles. The molecule has 0 spiro atoms. The van der Waals surface area contributed by atoms with E-state index >= 15 is 0 Å². The monoisotopic (exact) mass is 481 g/mol. The van der Waals surface area contributed by atoms with Crippen molar-refractivity contribution in [2.45, 2.75) is 13.5 Å². The van der Waals surface area contributed by atoms with Gasteiger partial charge in [-0.2, -0.15) is 0 Å². The zero-order chi connectivity index (χ0) is 20.3. The predicted octanol–water partition coefficient (Wildman–Crippen LogP) is 4.55. The van der Waals surface area contributed by atoms with Crippen molar-refractivity contribution in [3.05, 3.63) is 68.4 Å². The van der Waals surface area contributed by atoms with Crippen LogP contribution in [0.2, 0.25) is 10.0 Å². The van der Waals surface area contributed by atoms with Crippen LogP contribution in [0.5, 0.6) is 0 Å². The summed E-state index contributed by atoms with van der Waals surface area (Å²) in [6.45, 7) is 1.57. The lowest BCUT2D eigenvalue weighted by Gasteiger charge is -2.08. The molecule has 10 heteroatoms. The molecule has 0 radical (unpaired) electrons. The molecule has 0 aliphatic rings. The van der Waals surface area contributed by atoms with Gasteiger partial charge in [-0.1, -0.05) is 40.5 Å². The Labute approximate surface area is 179 Å². The Hall–Kier alpha value is -2.42. The smallest absolute Gasteiger partial charge is 0.278 e. The molecular weight excluding hydrogens is 469 g/mol. The normalized spacial score (nSPS) is 10.6. The van der Waals surface area contributed by atoms with Gasteiger partial charge < -0.3 is 10.6 Å². The second-order valence-corrected chi connectivity index (χ2v) is 7.55. The summed E-state index contributed by atoms with van der Waals surface area (Å²) in [5.74, 6) is -0.776. The molecule has 0 unspecified atom stereocenters. The van der Waals surface area contributed by atoms with Crippen molar-refractivity contribution in [1.29, 1.82) is 0 Å². The SMILES string of the molecule is Cc1c(C(=O)Nc2cc(Cl)cc(Cl)c2)nnn1CC(=O)Nc1ccccc1Br. The van der Waals surface area contributed by atoms with Gasteiger partial charge in [0.25, 0.3) is 5.91 Å². The van der Waals surface area contributed by atoms with Gasteiger partial charge in [0, 0.05) is 20.2 Å². The van der Waals surface area contributed by atoms with E-state index in [9.17, 15) is 9.59 Å². The molecule has 0 saturated heterocycles. The maximum Gasteiger partial charge on any atom is 0.278 e. The van der Waals surface area contributed by atoms with E-state index in [1.165, 1.54) is 4.68 Å². The van der Waals surface area contributed by atoms with Gasteiger partial charge in [0.05, 0.1) is 11.4 Å². The number of nitrogens with zero attached hydrogens (tertiary/aromatic N) is 3. The zero-order valence-corrected chi connectivity index (χ0v) is 17.6. The topological polar surface area (TPSA) is 88.9 Å². The molecule has 0 fully saturated rings. The Bertz CT molecular complexity index is 1030. The van der Waals surface area contributed by atoms with Gasteiger partial charge in [0.2, 0.25) is 5.91 Å². The largest absolute Gasteiger partial charge is 0.323 e. The molecule has 2 N–H and O–H groups in total. The molecule has 3 rings (SSSR count). The number of rotatable bonds is 5. The maximum atomic E-state index is 12.5. The van der Waals surface area contributed by atoms with Gasteiger partial charge >= 0.3 is 0 Å². The van der Waals surface area contributed by atoms with Crippen LogP contribution >= 0.6 is 39.1 Å². The molecule has 1 aromatic heterocycles. The fourth-order valence-corrected chi connectivity index (χ4v) is 3.33. The second-order valence-electron chi connectivity index (χ2n) is 5.82. The number of para-hydroxylation sites is 1. The quantitative estimate of drug-likeness (QED) is 0.558. The molecular formula is C18H14BrCl2N5O2. The number of aromatic nitrogens is 3. The lowest BCUT2D eigenvalue weighted by atomic mass is 10.2. The van der Waals surface area contributed by atoms with E-state index in [-0.39, 0.29) is 18.1 Å². The van der Waals surface area contributed by atoms with E-state index < -0.39 is 5.91 Å². The first-order valence-electron chi connectivity index (χ1n) is 8.05. The van der Waals surface area contributed by atoms with Crippen LogP contribution in [0, 0.1) is 6.92 Å². The number of benzene rings is 2. The number of carbonyl (C=O) groups excluding carboxylic acids is 2. The van der Waals surface area contributed by atoms with Crippen molar-refractivity contribution in [2.75, 3.05) is 10.6 Å². The third-order valence-electron chi connectivity index (χ3n) is 3.76. The summed E-state index contributed by atoms with van der Waals surface area (Å²) < 4.78 is 2.12. The van der Waals surface area contributed by atoms with Gasteiger partial charge in [-0.05, 0) is 53.2 Å². The number of hydrogen-bond donors (Lipinski definition) is 2. The first-order chi connectivity index (χ1) is 13.3.